The van der Waals surface area contributed by atoms with E-state index in [9.17, 15) is 14.7 Å². The molecule has 132 valence electrons. The highest BCUT2D eigenvalue weighted by molar-refractivity contribution is 7.13. The third-order valence-corrected chi connectivity index (χ3v) is 4.57. The minimum Gasteiger partial charge on any atom is -0.478 e. The second-order valence-corrected chi connectivity index (χ2v) is 6.51. The third kappa shape index (κ3) is 4.25. The van der Waals surface area contributed by atoms with E-state index in [0.717, 1.165) is 11.3 Å². The number of hydrogen-bond donors (Lipinski definition) is 3. The van der Waals surface area contributed by atoms with Gasteiger partial charge in [0.15, 0.2) is 5.13 Å². The summed E-state index contributed by atoms with van der Waals surface area (Å²) in [7, 11) is 0. The van der Waals surface area contributed by atoms with Crippen LogP contribution in [-0.2, 0) is 6.54 Å². The number of rotatable bonds is 6. The number of nitrogens with zero attached hydrogens (tertiary/aromatic N) is 1. The van der Waals surface area contributed by atoms with Crippen molar-refractivity contribution >= 4 is 34.0 Å². The Bertz CT molecular complexity index is 935. The van der Waals surface area contributed by atoms with Crippen molar-refractivity contribution in [3.8, 4) is 0 Å². The van der Waals surface area contributed by atoms with Crippen molar-refractivity contribution in [2.45, 2.75) is 13.5 Å². The molecule has 6 nitrogen and oxygen atoms in total. The fraction of sp³-hybridized carbons (Fsp3) is 0.105. The zero-order valence-corrected chi connectivity index (χ0v) is 14.8. The lowest BCUT2D eigenvalue weighted by molar-refractivity contribution is 0.0697. The van der Waals surface area contributed by atoms with Crippen molar-refractivity contribution in [2.24, 2.45) is 0 Å². The van der Waals surface area contributed by atoms with Gasteiger partial charge in [0.05, 0.1) is 11.3 Å². The summed E-state index contributed by atoms with van der Waals surface area (Å²) in [6.07, 6.45) is 0. The largest absolute Gasteiger partial charge is 0.478 e. The fourth-order valence-corrected chi connectivity index (χ4v) is 3.06. The monoisotopic (exact) mass is 367 g/mol. The number of carbonyl (C=O) groups excluding carboxylic acids is 1. The zero-order chi connectivity index (χ0) is 18.5. The molecule has 3 aromatic rings. The molecule has 1 heterocycles. The van der Waals surface area contributed by atoms with Crippen molar-refractivity contribution in [3.05, 3.63) is 76.3 Å². The van der Waals surface area contributed by atoms with E-state index in [1.807, 2.05) is 24.4 Å². The number of anilines is 2. The van der Waals surface area contributed by atoms with E-state index in [0.29, 0.717) is 22.9 Å². The first-order chi connectivity index (χ1) is 12.5. The Balaban J connectivity index is 1.63. The molecule has 0 radical (unpaired) electrons. The standard InChI is InChI=1S/C19H17N3O3S/c1-12-11-26-19(21-12)22-17(23)14-8-6-13(7-9-14)10-20-16-5-3-2-4-15(16)18(24)25/h2-9,11,20H,10H2,1H3,(H,24,25)(H,21,22,23). The van der Waals surface area contributed by atoms with Crippen LogP contribution >= 0.6 is 11.3 Å². The van der Waals surface area contributed by atoms with Gasteiger partial charge in [-0.25, -0.2) is 9.78 Å². The molecule has 3 N–H and O–H groups in total. The lowest BCUT2D eigenvalue weighted by Gasteiger charge is -2.10. The molecule has 0 saturated carbocycles. The van der Waals surface area contributed by atoms with Gasteiger partial charge >= 0.3 is 5.97 Å². The maximum absolute atomic E-state index is 12.2. The number of aryl methyl sites for hydroxylation is 1. The van der Waals surface area contributed by atoms with E-state index in [4.69, 9.17) is 0 Å². The van der Waals surface area contributed by atoms with Gasteiger partial charge in [-0.3, -0.25) is 10.1 Å². The molecular formula is C19H17N3O3S. The fourth-order valence-electron chi connectivity index (χ4n) is 2.38. The Morgan fingerprint density at radius 2 is 1.85 bits per heavy atom. The molecular weight excluding hydrogens is 350 g/mol. The van der Waals surface area contributed by atoms with Crippen molar-refractivity contribution in [2.75, 3.05) is 10.6 Å². The van der Waals surface area contributed by atoms with Gasteiger partial charge in [-0.15, -0.1) is 11.3 Å². The Morgan fingerprint density at radius 1 is 1.12 bits per heavy atom. The van der Waals surface area contributed by atoms with Crippen molar-refractivity contribution < 1.29 is 14.7 Å². The Labute approximate surface area is 154 Å². The summed E-state index contributed by atoms with van der Waals surface area (Å²) >= 11 is 1.38. The summed E-state index contributed by atoms with van der Waals surface area (Å²) in [5, 5.41) is 17.5. The van der Waals surface area contributed by atoms with Gasteiger partial charge in [0.25, 0.3) is 5.91 Å². The molecule has 26 heavy (non-hydrogen) atoms. The lowest BCUT2D eigenvalue weighted by atomic mass is 10.1. The molecule has 0 saturated heterocycles. The van der Waals surface area contributed by atoms with Gasteiger partial charge < -0.3 is 10.4 Å². The van der Waals surface area contributed by atoms with Gasteiger partial charge in [-0.2, -0.15) is 0 Å². The molecule has 1 aromatic heterocycles. The van der Waals surface area contributed by atoms with Crippen LogP contribution < -0.4 is 10.6 Å². The van der Waals surface area contributed by atoms with Crippen LogP contribution in [0.2, 0.25) is 0 Å². The van der Waals surface area contributed by atoms with E-state index in [1.54, 1.807) is 36.4 Å². The van der Waals surface area contributed by atoms with E-state index >= 15 is 0 Å². The molecule has 0 unspecified atom stereocenters. The second kappa shape index (κ2) is 7.79. The highest BCUT2D eigenvalue weighted by Crippen LogP contribution is 2.18. The highest BCUT2D eigenvalue weighted by Gasteiger charge is 2.10. The molecule has 0 bridgehead atoms. The van der Waals surface area contributed by atoms with E-state index in [-0.39, 0.29) is 11.5 Å². The highest BCUT2D eigenvalue weighted by atomic mass is 32.1. The number of amides is 1. The van der Waals surface area contributed by atoms with Gasteiger partial charge in [-0.1, -0.05) is 24.3 Å². The van der Waals surface area contributed by atoms with Gasteiger partial charge in [0.2, 0.25) is 0 Å². The summed E-state index contributed by atoms with van der Waals surface area (Å²) in [6.45, 7) is 2.33. The maximum atomic E-state index is 12.2. The van der Waals surface area contributed by atoms with Crippen LogP contribution in [-0.4, -0.2) is 22.0 Å². The van der Waals surface area contributed by atoms with Crippen molar-refractivity contribution in [1.82, 2.24) is 4.98 Å². The normalized spacial score (nSPS) is 10.3. The summed E-state index contributed by atoms with van der Waals surface area (Å²) in [4.78, 5) is 27.6. The van der Waals surface area contributed by atoms with Gasteiger partial charge in [0.1, 0.15) is 0 Å². The number of carbonyl (C=O) groups is 2. The predicted octanol–water partition coefficient (Wildman–Crippen LogP) is 4.01. The smallest absolute Gasteiger partial charge is 0.337 e. The number of carboxylic acid groups (broad SMARTS) is 1. The molecule has 0 atom stereocenters. The average molecular weight is 367 g/mol. The molecule has 3 rings (SSSR count). The number of nitrogens with one attached hydrogen (secondary N) is 2. The number of benzene rings is 2. The Morgan fingerprint density at radius 3 is 2.50 bits per heavy atom. The Kier molecular flexibility index (Phi) is 5.28. The predicted molar refractivity (Wildman–Crippen MR) is 102 cm³/mol. The third-order valence-electron chi connectivity index (χ3n) is 3.70. The van der Waals surface area contributed by atoms with Crippen molar-refractivity contribution in [1.29, 1.82) is 0 Å². The minimum absolute atomic E-state index is 0.213. The van der Waals surface area contributed by atoms with Crippen LogP contribution in [0.4, 0.5) is 10.8 Å². The quantitative estimate of drug-likeness (QED) is 0.612. The first-order valence-electron chi connectivity index (χ1n) is 7.91. The second-order valence-electron chi connectivity index (χ2n) is 5.65. The molecule has 0 spiro atoms. The summed E-state index contributed by atoms with van der Waals surface area (Å²) in [5.74, 6) is -1.19. The SMILES string of the molecule is Cc1csc(NC(=O)c2ccc(CNc3ccccc3C(=O)O)cc2)n1. The molecule has 0 aliphatic heterocycles. The molecule has 0 aliphatic rings. The molecule has 0 fully saturated rings. The van der Waals surface area contributed by atoms with Crippen LogP contribution in [0, 0.1) is 6.92 Å². The topological polar surface area (TPSA) is 91.3 Å². The summed E-state index contributed by atoms with van der Waals surface area (Å²) in [6, 6.07) is 13.9. The number of para-hydroxylation sites is 1. The first kappa shape index (κ1) is 17.6. The van der Waals surface area contributed by atoms with Gasteiger partial charge in [-0.05, 0) is 36.8 Å². The summed E-state index contributed by atoms with van der Waals surface area (Å²) in [5.41, 5.74) is 3.12. The van der Waals surface area contributed by atoms with Crippen LogP contribution in [0.25, 0.3) is 0 Å². The minimum atomic E-state index is -0.974. The zero-order valence-electron chi connectivity index (χ0n) is 14.0. The molecule has 2 aromatic carbocycles. The molecule has 1 amide bonds. The van der Waals surface area contributed by atoms with E-state index in [2.05, 4.69) is 15.6 Å². The van der Waals surface area contributed by atoms with E-state index < -0.39 is 5.97 Å². The first-order valence-corrected chi connectivity index (χ1v) is 8.79. The number of aromatic carboxylic acids is 1. The van der Waals surface area contributed by atoms with Crippen molar-refractivity contribution in [3.63, 3.8) is 0 Å². The number of thiazole rings is 1. The number of hydrogen-bond acceptors (Lipinski definition) is 5. The van der Waals surface area contributed by atoms with Gasteiger partial charge in [0, 0.05) is 23.2 Å². The van der Waals surface area contributed by atoms with Crippen LogP contribution in [0.3, 0.4) is 0 Å². The average Bonchev–Trinajstić information content (AvgIpc) is 3.05. The maximum Gasteiger partial charge on any atom is 0.337 e. The molecule has 0 aliphatic carbocycles. The van der Waals surface area contributed by atoms with Crippen LogP contribution in [0.5, 0.6) is 0 Å². The number of carboxylic acids is 1. The van der Waals surface area contributed by atoms with Crippen LogP contribution in [0.1, 0.15) is 32.0 Å². The van der Waals surface area contributed by atoms with E-state index in [1.165, 1.54) is 11.3 Å². The Hall–Kier alpha value is -3.19. The molecule has 7 heteroatoms. The lowest BCUT2D eigenvalue weighted by Crippen LogP contribution is -2.12. The summed E-state index contributed by atoms with van der Waals surface area (Å²) < 4.78 is 0. The van der Waals surface area contributed by atoms with Crippen LogP contribution in [0.15, 0.2) is 53.9 Å². The number of aromatic nitrogens is 1.